The van der Waals surface area contributed by atoms with Gasteiger partial charge in [0.05, 0.1) is 13.0 Å². The van der Waals surface area contributed by atoms with E-state index >= 15 is 0 Å². The summed E-state index contributed by atoms with van der Waals surface area (Å²) in [6.07, 6.45) is 2.23. The van der Waals surface area contributed by atoms with Gasteiger partial charge < -0.3 is 14.4 Å². The zero-order valence-electron chi connectivity index (χ0n) is 18.2. The Morgan fingerprint density at radius 2 is 1.39 bits per heavy atom. The van der Waals surface area contributed by atoms with Crippen LogP contribution in [0.2, 0.25) is 0 Å². The number of ether oxygens (including phenoxy) is 2. The molecule has 0 aliphatic rings. The lowest BCUT2D eigenvalue weighted by atomic mass is 10.1. The first-order valence-electron chi connectivity index (χ1n) is 10.8. The van der Waals surface area contributed by atoms with E-state index in [1.54, 1.807) is 0 Å². The molecule has 3 aromatic carbocycles. The lowest BCUT2D eigenvalue weighted by Crippen LogP contribution is -2.24. The van der Waals surface area contributed by atoms with Crippen LogP contribution in [0.25, 0.3) is 0 Å². The Morgan fingerprint density at radius 1 is 0.774 bits per heavy atom. The van der Waals surface area contributed by atoms with E-state index < -0.39 is 0 Å². The number of rotatable bonds is 12. The van der Waals surface area contributed by atoms with Crippen molar-refractivity contribution in [2.45, 2.75) is 25.9 Å². The van der Waals surface area contributed by atoms with Crippen LogP contribution >= 0.6 is 0 Å². The van der Waals surface area contributed by atoms with Gasteiger partial charge in [0.25, 0.3) is 0 Å². The number of hydrogen-bond acceptors (Lipinski definition) is 4. The maximum absolute atomic E-state index is 11.9. The average Bonchev–Trinajstić information content (AvgIpc) is 2.81. The Labute approximate surface area is 185 Å². The molecule has 0 unspecified atom stereocenters. The van der Waals surface area contributed by atoms with Crippen molar-refractivity contribution in [2.24, 2.45) is 0 Å². The molecule has 0 atom stereocenters. The monoisotopic (exact) mass is 417 g/mol. The molecule has 3 aromatic rings. The molecule has 0 aliphatic carbocycles. The van der Waals surface area contributed by atoms with Crippen LogP contribution in [0, 0.1) is 0 Å². The highest BCUT2D eigenvalue weighted by atomic mass is 16.5. The molecule has 4 heteroatoms. The van der Waals surface area contributed by atoms with Crippen LogP contribution in [-0.2, 0) is 22.6 Å². The largest absolute Gasteiger partial charge is 0.494 e. The fourth-order valence-corrected chi connectivity index (χ4v) is 3.26. The first-order valence-corrected chi connectivity index (χ1v) is 10.8. The Morgan fingerprint density at radius 3 is 2.06 bits per heavy atom. The summed E-state index contributed by atoms with van der Waals surface area (Å²) in [4.78, 5) is 14.0. The molecule has 162 valence electrons. The predicted octanol–water partition coefficient (Wildman–Crippen LogP) is 5.11. The van der Waals surface area contributed by atoms with Gasteiger partial charge in [-0.2, -0.15) is 0 Å². The summed E-state index contributed by atoms with van der Waals surface area (Å²) >= 11 is 0. The summed E-state index contributed by atoms with van der Waals surface area (Å²) in [5.41, 5.74) is 3.59. The molecule has 0 saturated heterocycles. The second-order valence-corrected chi connectivity index (χ2v) is 7.71. The normalized spacial score (nSPS) is 10.8. The number of carbonyl (C=O) groups excluding carboxylic acids is 1. The second kappa shape index (κ2) is 12.6. The van der Waals surface area contributed by atoms with Crippen LogP contribution in [0.15, 0.2) is 84.9 Å². The van der Waals surface area contributed by atoms with Gasteiger partial charge in [0.1, 0.15) is 12.4 Å². The number of hydrogen-bond donors (Lipinski definition) is 0. The highest BCUT2D eigenvalue weighted by Gasteiger charge is 2.06. The number of esters is 1. The number of carbonyl (C=O) groups is 1. The van der Waals surface area contributed by atoms with Gasteiger partial charge in [-0.15, -0.1) is 0 Å². The minimum atomic E-state index is -0.164. The van der Waals surface area contributed by atoms with Crippen LogP contribution in [-0.4, -0.2) is 37.6 Å². The Balaban J connectivity index is 1.26. The second-order valence-electron chi connectivity index (χ2n) is 7.71. The molecule has 0 spiro atoms. The lowest BCUT2D eigenvalue weighted by molar-refractivity contribution is -0.145. The molecule has 3 rings (SSSR count). The van der Waals surface area contributed by atoms with Crippen LogP contribution < -0.4 is 4.74 Å². The van der Waals surface area contributed by atoms with E-state index in [2.05, 4.69) is 41.3 Å². The highest BCUT2D eigenvalue weighted by molar-refractivity contribution is 5.69. The summed E-state index contributed by atoms with van der Waals surface area (Å²) < 4.78 is 11.2. The van der Waals surface area contributed by atoms with E-state index in [1.165, 1.54) is 11.1 Å². The van der Waals surface area contributed by atoms with Crippen molar-refractivity contribution in [2.75, 3.05) is 26.7 Å². The summed E-state index contributed by atoms with van der Waals surface area (Å²) in [6, 6.07) is 28.5. The zero-order chi connectivity index (χ0) is 21.7. The molecule has 0 amide bonds. The third-order valence-electron chi connectivity index (χ3n) is 5.07. The van der Waals surface area contributed by atoms with Crippen molar-refractivity contribution in [3.63, 3.8) is 0 Å². The topological polar surface area (TPSA) is 38.8 Å². The van der Waals surface area contributed by atoms with Crippen LogP contribution in [0.1, 0.15) is 29.5 Å². The summed E-state index contributed by atoms with van der Waals surface area (Å²) in [5, 5.41) is 0. The molecule has 0 N–H and O–H groups in total. The molecule has 0 bridgehead atoms. The summed E-state index contributed by atoms with van der Waals surface area (Å²) in [5.74, 6) is 0.728. The van der Waals surface area contributed by atoms with Crippen molar-refractivity contribution in [3.05, 3.63) is 102 Å². The maximum atomic E-state index is 11.9. The molecule has 0 aromatic heterocycles. The van der Waals surface area contributed by atoms with E-state index in [-0.39, 0.29) is 5.97 Å². The van der Waals surface area contributed by atoms with E-state index in [0.717, 1.165) is 30.7 Å². The van der Waals surface area contributed by atoms with E-state index in [4.69, 9.17) is 9.47 Å². The number of nitrogens with zero attached hydrogens (tertiary/aromatic N) is 1. The van der Waals surface area contributed by atoms with Gasteiger partial charge in [-0.05, 0) is 48.7 Å². The fourth-order valence-electron chi connectivity index (χ4n) is 3.26. The molecular weight excluding hydrogens is 386 g/mol. The number of benzene rings is 3. The van der Waals surface area contributed by atoms with Crippen molar-refractivity contribution < 1.29 is 14.3 Å². The van der Waals surface area contributed by atoms with Gasteiger partial charge in [-0.3, -0.25) is 4.79 Å². The molecule has 0 fully saturated rings. The van der Waals surface area contributed by atoms with E-state index in [9.17, 15) is 4.79 Å². The molecule has 31 heavy (non-hydrogen) atoms. The summed E-state index contributed by atoms with van der Waals surface area (Å²) in [7, 11) is 2.02. The minimum Gasteiger partial charge on any atom is -0.494 e. The molecule has 0 saturated carbocycles. The third kappa shape index (κ3) is 8.65. The van der Waals surface area contributed by atoms with Gasteiger partial charge in [0.2, 0.25) is 0 Å². The third-order valence-corrected chi connectivity index (χ3v) is 5.07. The van der Waals surface area contributed by atoms with E-state index in [0.29, 0.717) is 26.2 Å². The van der Waals surface area contributed by atoms with Gasteiger partial charge in [-0.1, -0.05) is 72.8 Å². The van der Waals surface area contributed by atoms with E-state index in [1.807, 2.05) is 55.6 Å². The van der Waals surface area contributed by atoms with Crippen LogP contribution in [0.4, 0.5) is 0 Å². The molecule has 0 aliphatic heterocycles. The maximum Gasteiger partial charge on any atom is 0.307 e. The quantitative estimate of drug-likeness (QED) is 0.303. The van der Waals surface area contributed by atoms with Gasteiger partial charge in [0, 0.05) is 13.1 Å². The Bertz CT molecular complexity index is 895. The van der Waals surface area contributed by atoms with Crippen molar-refractivity contribution in [3.8, 4) is 5.75 Å². The molecular formula is C27H31NO3. The van der Waals surface area contributed by atoms with Crippen molar-refractivity contribution >= 4 is 5.97 Å². The smallest absolute Gasteiger partial charge is 0.307 e. The summed E-state index contributed by atoms with van der Waals surface area (Å²) in [6.45, 7) is 2.54. The first-order chi connectivity index (χ1) is 15.2. The zero-order valence-corrected chi connectivity index (χ0v) is 18.2. The molecule has 0 heterocycles. The molecule has 0 radical (unpaired) electrons. The lowest BCUT2D eigenvalue weighted by Gasteiger charge is -2.16. The van der Waals surface area contributed by atoms with Gasteiger partial charge in [-0.25, -0.2) is 0 Å². The van der Waals surface area contributed by atoms with Crippen LogP contribution in [0.5, 0.6) is 5.75 Å². The Kier molecular flexibility index (Phi) is 9.14. The average molecular weight is 418 g/mol. The fraction of sp³-hybridized carbons (Fsp3) is 0.296. The standard InChI is InChI=1S/C27H31NO3/c1-28(19-17-27(29)31-22-25-11-6-3-7-12-25)18-8-20-30-26-15-13-24(14-16-26)21-23-9-4-2-5-10-23/h2-7,9-16H,8,17-22H2,1H3. The predicted molar refractivity (Wildman–Crippen MR) is 124 cm³/mol. The highest BCUT2D eigenvalue weighted by Crippen LogP contribution is 2.15. The van der Waals surface area contributed by atoms with Gasteiger partial charge >= 0.3 is 5.97 Å². The minimum absolute atomic E-state index is 0.164. The van der Waals surface area contributed by atoms with Gasteiger partial charge in [0.15, 0.2) is 0 Å². The van der Waals surface area contributed by atoms with Crippen molar-refractivity contribution in [1.82, 2.24) is 4.90 Å². The molecule has 4 nitrogen and oxygen atoms in total. The SMILES string of the molecule is CN(CCCOc1ccc(Cc2ccccc2)cc1)CCC(=O)OCc1ccccc1. The van der Waals surface area contributed by atoms with Crippen LogP contribution in [0.3, 0.4) is 0 Å². The Hall–Kier alpha value is -3.11. The van der Waals surface area contributed by atoms with Crippen molar-refractivity contribution in [1.29, 1.82) is 0 Å². The first kappa shape index (κ1) is 22.6.